The number of nitrogens with one attached hydrogen (secondary N) is 2. The summed E-state index contributed by atoms with van der Waals surface area (Å²) in [4.78, 5) is 0. The van der Waals surface area contributed by atoms with Gasteiger partial charge >= 0.3 is 0 Å². The van der Waals surface area contributed by atoms with Crippen molar-refractivity contribution in [3.63, 3.8) is 0 Å². The van der Waals surface area contributed by atoms with Gasteiger partial charge in [0.1, 0.15) is 0 Å². The van der Waals surface area contributed by atoms with Gasteiger partial charge in [0.25, 0.3) is 0 Å². The van der Waals surface area contributed by atoms with E-state index < -0.39 is 15.6 Å². The minimum absolute atomic E-state index is 0.318. The lowest BCUT2D eigenvalue weighted by atomic mass is 10.1. The van der Waals surface area contributed by atoms with Crippen LogP contribution in [-0.2, 0) is 14.8 Å². The van der Waals surface area contributed by atoms with Gasteiger partial charge in [-0.15, -0.1) is 0 Å². The topological polar surface area (TPSA) is 67.4 Å². The molecule has 0 aromatic carbocycles. The third-order valence-electron chi connectivity index (χ3n) is 1.94. The van der Waals surface area contributed by atoms with Crippen molar-refractivity contribution in [1.82, 2.24) is 10.0 Å². The molecule has 0 aromatic rings. The molecule has 1 fully saturated rings. The maximum atomic E-state index is 10.8. The zero-order valence-electron chi connectivity index (χ0n) is 7.96. The van der Waals surface area contributed by atoms with Crippen molar-refractivity contribution < 1.29 is 13.2 Å². The van der Waals surface area contributed by atoms with Crippen LogP contribution in [0.2, 0.25) is 0 Å². The lowest BCUT2D eigenvalue weighted by molar-refractivity contribution is -0.0475. The SMILES string of the molecule is CC1(CNS(C)(=O)=O)CNCCO1. The first-order chi connectivity index (χ1) is 5.91. The number of morpholine rings is 1. The number of ether oxygens (including phenoxy) is 1. The Hall–Kier alpha value is -0.170. The van der Waals surface area contributed by atoms with E-state index in [-0.39, 0.29) is 0 Å². The van der Waals surface area contributed by atoms with Crippen LogP contribution in [0.25, 0.3) is 0 Å². The molecule has 0 spiro atoms. The van der Waals surface area contributed by atoms with Gasteiger partial charge in [-0.1, -0.05) is 0 Å². The molecule has 2 N–H and O–H groups in total. The summed E-state index contributed by atoms with van der Waals surface area (Å²) in [7, 11) is -3.12. The number of hydrogen-bond acceptors (Lipinski definition) is 4. The Morgan fingerprint density at radius 2 is 2.31 bits per heavy atom. The number of sulfonamides is 1. The summed E-state index contributed by atoms with van der Waals surface area (Å²) in [5.74, 6) is 0. The molecule has 0 radical (unpaired) electrons. The lowest BCUT2D eigenvalue weighted by Crippen LogP contribution is -2.53. The van der Waals surface area contributed by atoms with Gasteiger partial charge in [0.2, 0.25) is 10.0 Å². The lowest BCUT2D eigenvalue weighted by Gasteiger charge is -2.34. The van der Waals surface area contributed by atoms with Gasteiger partial charge in [-0.2, -0.15) is 0 Å². The fourth-order valence-electron chi connectivity index (χ4n) is 1.17. The molecule has 13 heavy (non-hydrogen) atoms. The van der Waals surface area contributed by atoms with E-state index in [9.17, 15) is 8.42 Å². The van der Waals surface area contributed by atoms with Crippen LogP contribution in [0.4, 0.5) is 0 Å². The molecule has 6 heteroatoms. The molecule has 0 bridgehead atoms. The zero-order chi connectivity index (χ0) is 9.95. The Kier molecular flexibility index (Phi) is 3.28. The molecule has 0 aromatic heterocycles. The van der Waals surface area contributed by atoms with Gasteiger partial charge in [0, 0.05) is 19.6 Å². The molecule has 78 valence electrons. The highest BCUT2D eigenvalue weighted by atomic mass is 32.2. The van der Waals surface area contributed by atoms with E-state index in [0.717, 1.165) is 12.8 Å². The molecule has 0 aliphatic carbocycles. The first-order valence-corrected chi connectivity index (χ1v) is 6.10. The second kappa shape index (κ2) is 3.91. The summed E-state index contributed by atoms with van der Waals surface area (Å²) in [6.07, 6.45) is 1.15. The quantitative estimate of drug-likeness (QED) is 0.619. The average Bonchev–Trinajstić information content (AvgIpc) is 2.02. The predicted octanol–water partition coefficient (Wildman–Crippen LogP) is -1.09. The van der Waals surface area contributed by atoms with E-state index in [1.807, 2.05) is 6.92 Å². The summed E-state index contributed by atoms with van der Waals surface area (Å²) < 4.78 is 29.6. The van der Waals surface area contributed by atoms with Crippen LogP contribution in [0.5, 0.6) is 0 Å². The van der Waals surface area contributed by atoms with Crippen LogP contribution >= 0.6 is 0 Å². The predicted molar refractivity (Wildman–Crippen MR) is 50.1 cm³/mol. The maximum absolute atomic E-state index is 10.8. The summed E-state index contributed by atoms with van der Waals surface area (Å²) in [5.41, 5.74) is -0.415. The van der Waals surface area contributed by atoms with Crippen molar-refractivity contribution >= 4 is 10.0 Å². The Labute approximate surface area is 78.9 Å². The molecule has 1 rings (SSSR count). The molecular formula is C7H16N2O3S. The third-order valence-corrected chi connectivity index (χ3v) is 2.61. The van der Waals surface area contributed by atoms with Crippen LogP contribution in [0.15, 0.2) is 0 Å². The molecule has 1 heterocycles. The number of rotatable bonds is 3. The fourth-order valence-corrected chi connectivity index (χ4v) is 1.74. The maximum Gasteiger partial charge on any atom is 0.208 e. The van der Waals surface area contributed by atoms with Gasteiger partial charge in [0.05, 0.1) is 18.5 Å². The minimum atomic E-state index is -3.12. The van der Waals surface area contributed by atoms with Crippen molar-refractivity contribution in [2.45, 2.75) is 12.5 Å². The van der Waals surface area contributed by atoms with Crippen LogP contribution in [-0.4, -0.2) is 46.5 Å². The molecule has 0 saturated carbocycles. The highest BCUT2D eigenvalue weighted by Crippen LogP contribution is 2.10. The summed E-state index contributed by atoms with van der Waals surface area (Å²) in [6, 6.07) is 0. The molecule has 1 atom stereocenters. The van der Waals surface area contributed by atoms with E-state index in [1.54, 1.807) is 0 Å². The van der Waals surface area contributed by atoms with Crippen LogP contribution in [0.1, 0.15) is 6.92 Å². The van der Waals surface area contributed by atoms with Gasteiger partial charge < -0.3 is 10.1 Å². The van der Waals surface area contributed by atoms with Crippen molar-refractivity contribution in [2.75, 3.05) is 32.5 Å². The van der Waals surface area contributed by atoms with Crippen LogP contribution in [0, 0.1) is 0 Å². The molecule has 1 aliphatic heterocycles. The van der Waals surface area contributed by atoms with Crippen LogP contribution < -0.4 is 10.0 Å². The fraction of sp³-hybridized carbons (Fsp3) is 1.00. The molecule has 1 aliphatic rings. The largest absolute Gasteiger partial charge is 0.371 e. The standard InChI is InChI=1S/C7H16N2O3S/c1-7(5-8-3-4-12-7)6-9-13(2,10)11/h8-9H,3-6H2,1-2H3. The van der Waals surface area contributed by atoms with Gasteiger partial charge in [-0.25, -0.2) is 13.1 Å². The normalized spacial score (nSPS) is 30.3. The van der Waals surface area contributed by atoms with Crippen LogP contribution in [0.3, 0.4) is 0 Å². The average molecular weight is 208 g/mol. The van der Waals surface area contributed by atoms with E-state index in [1.165, 1.54) is 0 Å². The third kappa shape index (κ3) is 4.04. The Morgan fingerprint density at radius 1 is 1.62 bits per heavy atom. The van der Waals surface area contributed by atoms with E-state index in [4.69, 9.17) is 4.74 Å². The summed E-state index contributed by atoms with van der Waals surface area (Å²) >= 11 is 0. The summed E-state index contributed by atoms with van der Waals surface area (Å²) in [6.45, 7) is 4.34. The minimum Gasteiger partial charge on any atom is -0.371 e. The van der Waals surface area contributed by atoms with Crippen molar-refractivity contribution in [3.05, 3.63) is 0 Å². The molecule has 0 amide bonds. The summed E-state index contributed by atoms with van der Waals surface area (Å²) in [5, 5.41) is 3.15. The van der Waals surface area contributed by atoms with E-state index in [2.05, 4.69) is 10.0 Å². The second-order valence-corrected chi connectivity index (χ2v) is 5.40. The monoisotopic (exact) mass is 208 g/mol. The van der Waals surface area contributed by atoms with Crippen molar-refractivity contribution in [2.24, 2.45) is 0 Å². The Balaban J connectivity index is 2.42. The number of hydrogen-bond donors (Lipinski definition) is 2. The van der Waals surface area contributed by atoms with Crippen molar-refractivity contribution in [1.29, 1.82) is 0 Å². The first-order valence-electron chi connectivity index (χ1n) is 4.21. The smallest absolute Gasteiger partial charge is 0.208 e. The Morgan fingerprint density at radius 3 is 2.77 bits per heavy atom. The van der Waals surface area contributed by atoms with E-state index in [0.29, 0.717) is 19.7 Å². The molecule has 5 nitrogen and oxygen atoms in total. The highest BCUT2D eigenvalue weighted by molar-refractivity contribution is 7.88. The molecular weight excluding hydrogens is 192 g/mol. The first kappa shape index (κ1) is 10.9. The van der Waals surface area contributed by atoms with Gasteiger partial charge in [0.15, 0.2) is 0 Å². The second-order valence-electron chi connectivity index (χ2n) is 3.57. The molecule has 1 saturated heterocycles. The van der Waals surface area contributed by atoms with Gasteiger partial charge in [-0.3, -0.25) is 0 Å². The highest BCUT2D eigenvalue weighted by Gasteiger charge is 2.28. The Bertz CT molecular complexity index is 257. The van der Waals surface area contributed by atoms with Gasteiger partial charge in [-0.05, 0) is 6.92 Å². The molecule has 1 unspecified atom stereocenters. The van der Waals surface area contributed by atoms with E-state index >= 15 is 0 Å². The zero-order valence-corrected chi connectivity index (χ0v) is 8.78. The van der Waals surface area contributed by atoms with Crippen molar-refractivity contribution in [3.8, 4) is 0 Å².